The first-order valence-electron chi connectivity index (χ1n) is 8.58. The third-order valence-corrected chi connectivity index (χ3v) is 4.26. The van der Waals surface area contributed by atoms with Crippen LogP contribution < -0.4 is 10.6 Å². The standard InChI is InChI=1S/C17H23ClN6O2/c1-17(2,3)26-16(25)22-11-5-4-10(8-11)21-15-19-9-12(18)14(23-15)13-6-7-20-24-13/h6-7,9-11H,4-5,8H2,1-3H3,(H,20,24)(H,22,25)(H,19,21,23)/t10-,11?/m0/s1. The molecule has 0 saturated heterocycles. The van der Waals surface area contributed by atoms with Crippen molar-refractivity contribution in [3.05, 3.63) is 23.5 Å². The highest BCUT2D eigenvalue weighted by Gasteiger charge is 2.28. The largest absolute Gasteiger partial charge is 0.444 e. The Kier molecular flexibility index (Phi) is 5.31. The summed E-state index contributed by atoms with van der Waals surface area (Å²) in [6, 6.07) is 2.04. The van der Waals surface area contributed by atoms with Crippen molar-refractivity contribution in [2.45, 2.75) is 57.7 Å². The van der Waals surface area contributed by atoms with Crippen LogP contribution in [0.5, 0.6) is 0 Å². The number of anilines is 1. The van der Waals surface area contributed by atoms with E-state index in [0.29, 0.717) is 16.7 Å². The number of halogens is 1. The van der Waals surface area contributed by atoms with Crippen molar-refractivity contribution in [3.8, 4) is 11.4 Å². The molecule has 8 nitrogen and oxygen atoms in total. The van der Waals surface area contributed by atoms with Gasteiger partial charge >= 0.3 is 6.09 Å². The summed E-state index contributed by atoms with van der Waals surface area (Å²) in [7, 11) is 0. The van der Waals surface area contributed by atoms with Gasteiger partial charge in [-0.25, -0.2) is 14.8 Å². The van der Waals surface area contributed by atoms with E-state index in [2.05, 4.69) is 30.8 Å². The number of amides is 1. The molecule has 0 radical (unpaired) electrons. The number of rotatable bonds is 4. The van der Waals surface area contributed by atoms with Crippen molar-refractivity contribution in [2.24, 2.45) is 0 Å². The molecule has 26 heavy (non-hydrogen) atoms. The first-order valence-corrected chi connectivity index (χ1v) is 8.96. The molecular weight excluding hydrogens is 356 g/mol. The molecule has 9 heteroatoms. The third kappa shape index (κ3) is 4.85. The van der Waals surface area contributed by atoms with Crippen LogP contribution in [0.3, 0.4) is 0 Å². The summed E-state index contributed by atoms with van der Waals surface area (Å²) in [6.45, 7) is 5.54. The maximum absolute atomic E-state index is 11.9. The average Bonchev–Trinajstić information content (AvgIpc) is 3.19. The fourth-order valence-electron chi connectivity index (χ4n) is 2.91. The number of ether oxygens (including phenoxy) is 1. The summed E-state index contributed by atoms with van der Waals surface area (Å²) < 4.78 is 5.30. The number of hydrogen-bond acceptors (Lipinski definition) is 6. The van der Waals surface area contributed by atoms with E-state index in [-0.39, 0.29) is 18.2 Å². The lowest BCUT2D eigenvalue weighted by Gasteiger charge is -2.21. The molecule has 140 valence electrons. The lowest BCUT2D eigenvalue weighted by molar-refractivity contribution is 0.0505. The molecule has 1 saturated carbocycles. The molecule has 3 N–H and O–H groups in total. The van der Waals surface area contributed by atoms with Gasteiger partial charge in [-0.05, 0) is 46.1 Å². The van der Waals surface area contributed by atoms with Gasteiger partial charge in [0.2, 0.25) is 5.95 Å². The van der Waals surface area contributed by atoms with Gasteiger partial charge in [0.25, 0.3) is 0 Å². The molecule has 0 spiro atoms. The first kappa shape index (κ1) is 18.4. The molecule has 0 aromatic carbocycles. The molecule has 2 aromatic heterocycles. The molecule has 2 aromatic rings. The summed E-state index contributed by atoms with van der Waals surface area (Å²) in [6.07, 6.45) is 5.39. The molecule has 2 atom stereocenters. The van der Waals surface area contributed by atoms with Gasteiger partial charge in [-0.1, -0.05) is 11.6 Å². The van der Waals surface area contributed by atoms with Gasteiger partial charge in [0.05, 0.1) is 16.9 Å². The highest BCUT2D eigenvalue weighted by atomic mass is 35.5. The number of carbonyl (C=O) groups is 1. The number of nitrogens with one attached hydrogen (secondary N) is 3. The Morgan fingerprint density at radius 2 is 2.12 bits per heavy atom. The zero-order chi connectivity index (χ0) is 18.7. The van der Waals surface area contributed by atoms with Crippen LogP contribution in [0.15, 0.2) is 18.5 Å². The molecule has 1 aliphatic carbocycles. The molecule has 2 heterocycles. The van der Waals surface area contributed by atoms with E-state index in [1.807, 2.05) is 20.8 Å². The molecule has 0 aliphatic heterocycles. The minimum absolute atomic E-state index is 0.0710. The van der Waals surface area contributed by atoms with E-state index in [0.717, 1.165) is 25.0 Å². The fraction of sp³-hybridized carbons (Fsp3) is 0.529. The SMILES string of the molecule is CC(C)(C)OC(=O)NC1CC[C@H](Nc2ncc(Cl)c(-c3ccn[nH]3)n2)C1. The Hall–Kier alpha value is -2.35. The predicted molar refractivity (Wildman–Crippen MR) is 99.0 cm³/mol. The van der Waals surface area contributed by atoms with Crippen LogP contribution in [0.1, 0.15) is 40.0 Å². The van der Waals surface area contributed by atoms with Crippen molar-refractivity contribution in [1.29, 1.82) is 0 Å². The van der Waals surface area contributed by atoms with Gasteiger partial charge < -0.3 is 15.4 Å². The number of aromatic amines is 1. The van der Waals surface area contributed by atoms with E-state index in [1.54, 1.807) is 18.5 Å². The van der Waals surface area contributed by atoms with Crippen LogP contribution in [-0.2, 0) is 4.74 Å². The van der Waals surface area contributed by atoms with E-state index in [1.165, 1.54) is 0 Å². The predicted octanol–water partition coefficient (Wildman–Crippen LogP) is 3.38. The highest BCUT2D eigenvalue weighted by Crippen LogP contribution is 2.26. The number of H-pyrrole nitrogens is 1. The lowest BCUT2D eigenvalue weighted by Crippen LogP contribution is -2.38. The Balaban J connectivity index is 1.57. The zero-order valence-electron chi connectivity index (χ0n) is 15.0. The van der Waals surface area contributed by atoms with Gasteiger partial charge in [-0.3, -0.25) is 5.10 Å². The van der Waals surface area contributed by atoms with E-state index < -0.39 is 5.60 Å². The van der Waals surface area contributed by atoms with Crippen molar-refractivity contribution in [1.82, 2.24) is 25.5 Å². The second kappa shape index (κ2) is 7.49. The van der Waals surface area contributed by atoms with E-state index >= 15 is 0 Å². The number of alkyl carbamates (subject to hydrolysis) is 1. The summed E-state index contributed by atoms with van der Waals surface area (Å²) in [4.78, 5) is 20.6. The molecule has 1 fully saturated rings. The number of hydrogen-bond donors (Lipinski definition) is 3. The fourth-order valence-corrected chi connectivity index (χ4v) is 3.11. The van der Waals surface area contributed by atoms with Crippen molar-refractivity contribution < 1.29 is 9.53 Å². The van der Waals surface area contributed by atoms with Crippen LogP contribution in [0.2, 0.25) is 5.02 Å². The van der Waals surface area contributed by atoms with E-state index in [9.17, 15) is 4.79 Å². The Morgan fingerprint density at radius 1 is 1.35 bits per heavy atom. The van der Waals surface area contributed by atoms with Crippen LogP contribution in [0, 0.1) is 0 Å². The molecule has 0 bridgehead atoms. The number of carbonyl (C=O) groups excluding carboxylic acids is 1. The number of nitrogens with zero attached hydrogens (tertiary/aromatic N) is 3. The summed E-state index contributed by atoms with van der Waals surface area (Å²) in [5.41, 5.74) is 0.833. The minimum atomic E-state index is -0.499. The van der Waals surface area contributed by atoms with Gasteiger partial charge in [0, 0.05) is 18.3 Å². The van der Waals surface area contributed by atoms with Gasteiger partial charge in [-0.2, -0.15) is 5.10 Å². The van der Waals surface area contributed by atoms with Crippen molar-refractivity contribution in [3.63, 3.8) is 0 Å². The molecule has 3 rings (SSSR count). The Morgan fingerprint density at radius 3 is 2.81 bits per heavy atom. The second-order valence-corrected chi connectivity index (χ2v) is 7.77. The molecule has 1 aliphatic rings. The number of aromatic nitrogens is 4. The average molecular weight is 379 g/mol. The van der Waals surface area contributed by atoms with Crippen LogP contribution in [-0.4, -0.2) is 43.9 Å². The van der Waals surface area contributed by atoms with Crippen LogP contribution in [0.4, 0.5) is 10.7 Å². The molecule has 1 unspecified atom stereocenters. The summed E-state index contributed by atoms with van der Waals surface area (Å²) in [5.74, 6) is 0.502. The highest BCUT2D eigenvalue weighted by molar-refractivity contribution is 6.32. The van der Waals surface area contributed by atoms with Gasteiger partial charge in [0.15, 0.2) is 0 Å². The van der Waals surface area contributed by atoms with E-state index in [4.69, 9.17) is 16.3 Å². The Labute approximate surface area is 157 Å². The van der Waals surface area contributed by atoms with Crippen molar-refractivity contribution >= 4 is 23.6 Å². The molecular formula is C17H23ClN6O2. The van der Waals surface area contributed by atoms with Crippen molar-refractivity contribution in [2.75, 3.05) is 5.32 Å². The van der Waals surface area contributed by atoms with Crippen LogP contribution in [0.25, 0.3) is 11.4 Å². The normalized spacial score (nSPS) is 20.0. The zero-order valence-corrected chi connectivity index (χ0v) is 15.8. The molecule has 1 amide bonds. The topological polar surface area (TPSA) is 105 Å². The monoisotopic (exact) mass is 378 g/mol. The van der Waals surface area contributed by atoms with Gasteiger partial charge in [-0.15, -0.1) is 0 Å². The quantitative estimate of drug-likeness (QED) is 0.753. The van der Waals surface area contributed by atoms with Gasteiger partial charge in [0.1, 0.15) is 11.3 Å². The smallest absolute Gasteiger partial charge is 0.407 e. The first-order chi connectivity index (χ1) is 12.3. The minimum Gasteiger partial charge on any atom is -0.444 e. The summed E-state index contributed by atoms with van der Waals surface area (Å²) in [5, 5.41) is 13.5. The summed E-state index contributed by atoms with van der Waals surface area (Å²) >= 11 is 6.18. The maximum atomic E-state index is 11.9. The third-order valence-electron chi connectivity index (χ3n) is 3.99. The lowest BCUT2D eigenvalue weighted by atomic mass is 10.2. The van der Waals surface area contributed by atoms with Crippen LogP contribution >= 0.6 is 11.6 Å². The Bertz CT molecular complexity index is 759. The maximum Gasteiger partial charge on any atom is 0.407 e. The second-order valence-electron chi connectivity index (χ2n) is 7.36.